The molecule has 2 N–H and O–H groups in total. The fraction of sp³-hybridized carbons (Fsp3) is 0.394. The van der Waals surface area contributed by atoms with Crippen LogP contribution in [0, 0.1) is 5.41 Å². The largest absolute Gasteiger partial charge is 0.494 e. The molecule has 0 aromatic heterocycles. The van der Waals surface area contributed by atoms with E-state index in [2.05, 4.69) is 52.0 Å². The molecule has 0 radical (unpaired) electrons. The number of hydrogen-bond acceptors (Lipinski definition) is 6. The highest BCUT2D eigenvalue weighted by atomic mass is 79.9. The minimum Gasteiger partial charge on any atom is -0.494 e. The molecule has 1 aliphatic heterocycles. The van der Waals surface area contributed by atoms with E-state index in [1.54, 1.807) is 0 Å². The van der Waals surface area contributed by atoms with E-state index in [0.29, 0.717) is 36.8 Å². The highest BCUT2D eigenvalue weighted by Crippen LogP contribution is 2.44. The van der Waals surface area contributed by atoms with Crippen molar-refractivity contribution in [2.45, 2.75) is 58.2 Å². The number of nitrogens with one attached hydrogen (secondary N) is 1. The van der Waals surface area contributed by atoms with E-state index in [0.717, 1.165) is 27.6 Å². The zero-order chi connectivity index (χ0) is 30.9. The van der Waals surface area contributed by atoms with Crippen molar-refractivity contribution in [3.05, 3.63) is 110 Å². The molecule has 0 fully saturated rings. The van der Waals surface area contributed by atoms with Crippen molar-refractivity contribution in [1.29, 1.82) is 0 Å². The van der Waals surface area contributed by atoms with E-state index in [1.165, 1.54) is 0 Å². The number of carbonyl (C=O) groups is 1. The molecule has 0 aliphatic carbocycles. The number of carbonyl (C=O) groups excluding carboxylic acids is 1. The SMILES string of the molecule is CC(C)(C)CCNC(=O)[C@]1(Cc2ccccc2Br)N=C(c2ccc(OCCCO)cc2)O[C@@H]1c1ccccc1CN=[N+]=[N-]. The van der Waals surface area contributed by atoms with Gasteiger partial charge in [0.1, 0.15) is 5.75 Å². The van der Waals surface area contributed by atoms with Gasteiger partial charge in [-0.15, -0.1) is 0 Å². The smallest absolute Gasteiger partial charge is 0.252 e. The molecule has 1 heterocycles. The zero-order valence-corrected chi connectivity index (χ0v) is 26.4. The lowest BCUT2D eigenvalue weighted by atomic mass is 9.80. The Balaban J connectivity index is 1.83. The molecule has 0 saturated heterocycles. The number of aliphatic hydroxyl groups excluding tert-OH is 1. The average molecular weight is 649 g/mol. The Hall–Kier alpha value is -3.85. The third kappa shape index (κ3) is 8.16. The zero-order valence-electron chi connectivity index (χ0n) is 24.8. The molecular formula is C33H38BrN5O4. The van der Waals surface area contributed by atoms with Crippen molar-refractivity contribution in [2.24, 2.45) is 15.5 Å². The number of aliphatic imine (C=N–C) groups is 1. The first-order valence-electron chi connectivity index (χ1n) is 14.4. The molecule has 4 rings (SSSR count). The van der Waals surface area contributed by atoms with Crippen LogP contribution >= 0.6 is 15.9 Å². The van der Waals surface area contributed by atoms with Crippen molar-refractivity contribution in [2.75, 3.05) is 19.8 Å². The number of azide groups is 1. The fourth-order valence-electron chi connectivity index (χ4n) is 4.94. The van der Waals surface area contributed by atoms with Gasteiger partial charge in [0.2, 0.25) is 5.90 Å². The van der Waals surface area contributed by atoms with Gasteiger partial charge in [-0.1, -0.05) is 84.3 Å². The number of aliphatic hydroxyl groups is 1. The van der Waals surface area contributed by atoms with Crippen LogP contribution in [0.2, 0.25) is 0 Å². The number of amides is 1. The molecule has 1 amide bonds. The second kappa shape index (κ2) is 14.6. The summed E-state index contributed by atoms with van der Waals surface area (Å²) in [5, 5.41) is 16.0. The lowest BCUT2D eigenvalue weighted by Gasteiger charge is -2.32. The van der Waals surface area contributed by atoms with Crippen molar-refractivity contribution in [1.82, 2.24) is 5.32 Å². The minimum absolute atomic E-state index is 0.0335. The van der Waals surface area contributed by atoms with E-state index in [4.69, 9.17) is 25.1 Å². The molecule has 3 aromatic carbocycles. The van der Waals surface area contributed by atoms with Crippen LogP contribution in [0.15, 0.2) is 87.4 Å². The van der Waals surface area contributed by atoms with Gasteiger partial charge in [-0.2, -0.15) is 0 Å². The Kier molecular flexibility index (Phi) is 10.9. The Morgan fingerprint density at radius 2 is 1.81 bits per heavy atom. The molecule has 3 aromatic rings. The monoisotopic (exact) mass is 647 g/mol. The molecule has 2 atom stereocenters. The maximum absolute atomic E-state index is 14.4. The van der Waals surface area contributed by atoms with Gasteiger partial charge in [0, 0.05) is 40.9 Å². The number of halogens is 1. The van der Waals surface area contributed by atoms with Gasteiger partial charge in [0.15, 0.2) is 11.6 Å². The van der Waals surface area contributed by atoms with E-state index in [1.807, 2.05) is 72.8 Å². The first-order valence-corrected chi connectivity index (χ1v) is 15.2. The third-order valence-corrected chi connectivity index (χ3v) is 8.02. The summed E-state index contributed by atoms with van der Waals surface area (Å²) in [5.74, 6) is 0.755. The van der Waals surface area contributed by atoms with Crippen molar-refractivity contribution in [3.8, 4) is 5.75 Å². The molecule has 0 unspecified atom stereocenters. The summed E-state index contributed by atoms with van der Waals surface area (Å²) in [7, 11) is 0. The van der Waals surface area contributed by atoms with E-state index in [-0.39, 0.29) is 30.9 Å². The molecule has 9 nitrogen and oxygen atoms in total. The van der Waals surface area contributed by atoms with E-state index in [9.17, 15) is 4.79 Å². The Bertz CT molecular complexity index is 1480. The van der Waals surface area contributed by atoms with Gasteiger partial charge in [0.05, 0.1) is 13.2 Å². The minimum atomic E-state index is -1.36. The fourth-order valence-corrected chi connectivity index (χ4v) is 5.36. The summed E-state index contributed by atoms with van der Waals surface area (Å²) in [6, 6.07) is 22.7. The van der Waals surface area contributed by atoms with Crippen LogP contribution in [0.4, 0.5) is 0 Å². The van der Waals surface area contributed by atoms with Crippen LogP contribution in [-0.2, 0) is 22.5 Å². The second-order valence-electron chi connectivity index (χ2n) is 11.7. The molecule has 0 bridgehead atoms. The van der Waals surface area contributed by atoms with Gasteiger partial charge in [0.25, 0.3) is 5.91 Å². The van der Waals surface area contributed by atoms with Crippen LogP contribution in [0.3, 0.4) is 0 Å². The molecule has 1 aliphatic rings. The van der Waals surface area contributed by atoms with Gasteiger partial charge >= 0.3 is 0 Å². The van der Waals surface area contributed by atoms with Gasteiger partial charge in [-0.3, -0.25) is 4.79 Å². The summed E-state index contributed by atoms with van der Waals surface area (Å²) in [6.07, 6.45) is 0.796. The highest BCUT2D eigenvalue weighted by Gasteiger charge is 2.54. The van der Waals surface area contributed by atoms with Crippen molar-refractivity contribution >= 4 is 27.7 Å². The van der Waals surface area contributed by atoms with Crippen LogP contribution in [0.1, 0.15) is 62.0 Å². The van der Waals surface area contributed by atoms with Crippen LogP contribution in [-0.4, -0.2) is 42.2 Å². The first-order chi connectivity index (χ1) is 20.7. The van der Waals surface area contributed by atoms with Gasteiger partial charge < -0.3 is 19.9 Å². The predicted octanol–water partition coefficient (Wildman–Crippen LogP) is 7.07. The Labute approximate surface area is 261 Å². The number of ether oxygens (including phenoxy) is 2. The highest BCUT2D eigenvalue weighted by molar-refractivity contribution is 9.10. The quantitative estimate of drug-likeness (QED) is 0.0889. The molecular weight excluding hydrogens is 610 g/mol. The number of nitrogens with zero attached hydrogens (tertiary/aromatic N) is 4. The summed E-state index contributed by atoms with van der Waals surface area (Å²) < 4.78 is 13.2. The van der Waals surface area contributed by atoms with Crippen molar-refractivity contribution in [3.63, 3.8) is 0 Å². The Morgan fingerprint density at radius 1 is 1.12 bits per heavy atom. The van der Waals surface area contributed by atoms with Gasteiger partial charge in [-0.05, 0) is 64.4 Å². The first kappa shape index (κ1) is 32.1. The van der Waals surface area contributed by atoms with E-state index < -0.39 is 11.6 Å². The maximum Gasteiger partial charge on any atom is 0.252 e. The third-order valence-electron chi connectivity index (χ3n) is 7.25. The number of hydrogen-bond donors (Lipinski definition) is 2. The van der Waals surface area contributed by atoms with E-state index >= 15 is 0 Å². The molecule has 0 saturated carbocycles. The summed E-state index contributed by atoms with van der Waals surface area (Å²) in [5.41, 5.74) is 10.8. The normalized spacial score (nSPS) is 17.9. The lowest BCUT2D eigenvalue weighted by Crippen LogP contribution is -2.50. The molecule has 0 spiro atoms. The summed E-state index contributed by atoms with van der Waals surface area (Å²) in [6.45, 7) is 7.46. The van der Waals surface area contributed by atoms with Crippen molar-refractivity contribution < 1.29 is 19.4 Å². The predicted molar refractivity (Wildman–Crippen MR) is 171 cm³/mol. The maximum atomic E-state index is 14.4. The molecule has 226 valence electrons. The second-order valence-corrected chi connectivity index (χ2v) is 12.6. The Morgan fingerprint density at radius 3 is 2.49 bits per heavy atom. The topological polar surface area (TPSA) is 129 Å². The standard InChI is InChI=1S/C33H38BrN5O4/c1-32(2,3)17-18-36-31(41)33(21-24-9-5-7-12-28(24)34)29(27-11-6-4-10-25(27)22-37-39-35)43-30(38-33)23-13-15-26(16-14-23)42-20-8-19-40/h4-7,9-16,29,40H,8,17-22H2,1-3H3,(H,36,41)/t29-,33-/m1/s1. The van der Waals surface area contributed by atoms with Crippen LogP contribution in [0.25, 0.3) is 10.4 Å². The summed E-state index contributed by atoms with van der Waals surface area (Å²) >= 11 is 3.67. The van der Waals surface area contributed by atoms with Crippen LogP contribution < -0.4 is 10.1 Å². The van der Waals surface area contributed by atoms with Crippen LogP contribution in [0.5, 0.6) is 5.75 Å². The average Bonchev–Trinajstić information content (AvgIpc) is 3.37. The molecule has 43 heavy (non-hydrogen) atoms. The number of benzene rings is 3. The molecule has 10 heteroatoms. The lowest BCUT2D eigenvalue weighted by molar-refractivity contribution is -0.129. The van der Waals surface area contributed by atoms with Gasteiger partial charge in [-0.25, -0.2) is 4.99 Å². The summed E-state index contributed by atoms with van der Waals surface area (Å²) in [4.78, 5) is 22.5. The number of rotatable bonds is 13.